The fourth-order valence-corrected chi connectivity index (χ4v) is 1.20. The predicted molar refractivity (Wildman–Crippen MR) is 59.8 cm³/mol. The van der Waals surface area contributed by atoms with Crippen molar-refractivity contribution in [2.24, 2.45) is 0 Å². The normalized spacial score (nSPS) is 12.1. The van der Waals surface area contributed by atoms with E-state index in [-0.39, 0.29) is 13.2 Å². The van der Waals surface area contributed by atoms with E-state index in [1.54, 1.807) is 24.3 Å². The molecule has 1 unspecified atom stereocenters. The second-order valence-corrected chi connectivity index (χ2v) is 3.28. The first kappa shape index (κ1) is 12.7. The highest BCUT2D eigenvalue weighted by atomic mass is 16.5. The van der Waals surface area contributed by atoms with Gasteiger partial charge in [0.25, 0.3) is 0 Å². The van der Waals surface area contributed by atoms with Gasteiger partial charge in [-0.05, 0) is 19.1 Å². The standard InChI is InChI=1S/C12H16O4/c1-2-15-8-11(14)9-16-12-6-4-3-5-10(12)7-13/h3-7,11,14H,2,8-9H2,1H3. The van der Waals surface area contributed by atoms with Crippen molar-refractivity contribution in [2.75, 3.05) is 19.8 Å². The van der Waals surface area contributed by atoms with Crippen molar-refractivity contribution < 1.29 is 19.4 Å². The molecule has 1 aromatic carbocycles. The molecule has 4 nitrogen and oxygen atoms in total. The maximum atomic E-state index is 10.7. The molecular weight excluding hydrogens is 208 g/mol. The van der Waals surface area contributed by atoms with E-state index < -0.39 is 6.10 Å². The van der Waals surface area contributed by atoms with Crippen LogP contribution >= 0.6 is 0 Å². The van der Waals surface area contributed by atoms with E-state index in [0.717, 1.165) is 6.29 Å². The van der Waals surface area contributed by atoms with Gasteiger partial charge in [0, 0.05) is 6.61 Å². The summed E-state index contributed by atoms with van der Waals surface area (Å²) in [6.07, 6.45) is 0.0456. The highest BCUT2D eigenvalue weighted by Gasteiger charge is 2.07. The molecule has 1 rings (SSSR count). The molecule has 1 N–H and O–H groups in total. The average molecular weight is 224 g/mol. The van der Waals surface area contributed by atoms with Crippen LogP contribution in [0.1, 0.15) is 17.3 Å². The summed E-state index contributed by atoms with van der Waals surface area (Å²) in [6, 6.07) is 6.89. The van der Waals surface area contributed by atoms with Crippen LogP contribution in [0.5, 0.6) is 5.75 Å². The van der Waals surface area contributed by atoms with E-state index in [0.29, 0.717) is 17.9 Å². The lowest BCUT2D eigenvalue weighted by atomic mass is 10.2. The maximum absolute atomic E-state index is 10.7. The topological polar surface area (TPSA) is 55.8 Å². The van der Waals surface area contributed by atoms with Crippen molar-refractivity contribution in [3.05, 3.63) is 29.8 Å². The number of rotatable bonds is 7. The number of carbonyl (C=O) groups is 1. The Labute approximate surface area is 94.8 Å². The number of aliphatic hydroxyl groups is 1. The van der Waals surface area contributed by atoms with E-state index in [1.807, 2.05) is 6.92 Å². The Balaban J connectivity index is 2.44. The van der Waals surface area contributed by atoms with Gasteiger partial charge in [-0.15, -0.1) is 0 Å². The van der Waals surface area contributed by atoms with Crippen LogP contribution in [0.4, 0.5) is 0 Å². The van der Waals surface area contributed by atoms with Crippen molar-refractivity contribution in [1.82, 2.24) is 0 Å². The van der Waals surface area contributed by atoms with Gasteiger partial charge in [-0.2, -0.15) is 0 Å². The number of aliphatic hydroxyl groups excluding tert-OH is 1. The Kier molecular flexibility index (Phi) is 5.53. The van der Waals surface area contributed by atoms with E-state index in [4.69, 9.17) is 9.47 Å². The molecule has 0 aliphatic carbocycles. The van der Waals surface area contributed by atoms with Gasteiger partial charge in [0.1, 0.15) is 18.5 Å². The molecule has 4 heteroatoms. The molecule has 0 bridgehead atoms. The number of hydrogen-bond donors (Lipinski definition) is 1. The maximum Gasteiger partial charge on any atom is 0.153 e. The minimum atomic E-state index is -0.681. The zero-order chi connectivity index (χ0) is 11.8. The molecule has 0 aliphatic rings. The van der Waals surface area contributed by atoms with Gasteiger partial charge in [-0.25, -0.2) is 0 Å². The molecule has 1 aromatic rings. The summed E-state index contributed by atoms with van der Waals surface area (Å²) < 4.78 is 10.4. The third kappa shape index (κ3) is 4.00. The lowest BCUT2D eigenvalue weighted by Gasteiger charge is -2.13. The Morgan fingerprint density at radius 1 is 1.38 bits per heavy atom. The molecule has 0 amide bonds. The number of hydrogen-bond acceptors (Lipinski definition) is 4. The summed E-state index contributed by atoms with van der Waals surface area (Å²) in [6.45, 7) is 2.77. The van der Waals surface area contributed by atoms with Crippen LogP contribution < -0.4 is 4.74 Å². The van der Waals surface area contributed by atoms with Crippen molar-refractivity contribution in [2.45, 2.75) is 13.0 Å². The van der Waals surface area contributed by atoms with E-state index in [2.05, 4.69) is 0 Å². The van der Waals surface area contributed by atoms with Crippen LogP contribution in [-0.2, 0) is 4.74 Å². The lowest BCUT2D eigenvalue weighted by molar-refractivity contribution is 0.0163. The molecule has 0 aliphatic heterocycles. The summed E-state index contributed by atoms with van der Waals surface area (Å²) in [5.41, 5.74) is 0.478. The van der Waals surface area contributed by atoms with Gasteiger partial charge in [-0.1, -0.05) is 12.1 Å². The molecule has 0 fully saturated rings. The first-order chi connectivity index (χ1) is 7.77. The number of para-hydroxylation sites is 1. The fraction of sp³-hybridized carbons (Fsp3) is 0.417. The SMILES string of the molecule is CCOCC(O)COc1ccccc1C=O. The van der Waals surface area contributed by atoms with Gasteiger partial charge in [0.05, 0.1) is 12.2 Å². The highest BCUT2D eigenvalue weighted by Crippen LogP contribution is 2.15. The van der Waals surface area contributed by atoms with Crippen molar-refractivity contribution in [3.8, 4) is 5.75 Å². The minimum Gasteiger partial charge on any atom is -0.490 e. The number of benzene rings is 1. The van der Waals surface area contributed by atoms with Crippen molar-refractivity contribution in [3.63, 3.8) is 0 Å². The predicted octanol–water partition coefficient (Wildman–Crippen LogP) is 1.28. The lowest BCUT2D eigenvalue weighted by Crippen LogP contribution is -2.23. The first-order valence-electron chi connectivity index (χ1n) is 5.20. The number of ether oxygens (including phenoxy) is 2. The van der Waals surface area contributed by atoms with Crippen LogP contribution in [-0.4, -0.2) is 37.3 Å². The summed E-state index contributed by atoms with van der Waals surface area (Å²) in [5.74, 6) is 0.480. The molecule has 88 valence electrons. The van der Waals surface area contributed by atoms with Crippen molar-refractivity contribution >= 4 is 6.29 Å². The Morgan fingerprint density at radius 3 is 2.81 bits per heavy atom. The monoisotopic (exact) mass is 224 g/mol. The average Bonchev–Trinajstić information content (AvgIpc) is 2.34. The van der Waals surface area contributed by atoms with Gasteiger partial charge >= 0.3 is 0 Å². The molecule has 1 atom stereocenters. The van der Waals surface area contributed by atoms with Crippen LogP contribution in [0, 0.1) is 0 Å². The van der Waals surface area contributed by atoms with Crippen LogP contribution in [0.25, 0.3) is 0 Å². The van der Waals surface area contributed by atoms with E-state index >= 15 is 0 Å². The Bertz CT molecular complexity index is 325. The quantitative estimate of drug-likeness (QED) is 0.709. The first-order valence-corrected chi connectivity index (χ1v) is 5.20. The van der Waals surface area contributed by atoms with Gasteiger partial charge in [0.2, 0.25) is 0 Å². The van der Waals surface area contributed by atoms with Gasteiger partial charge < -0.3 is 14.6 Å². The summed E-state index contributed by atoms with van der Waals surface area (Å²) >= 11 is 0. The summed E-state index contributed by atoms with van der Waals surface area (Å²) in [4.78, 5) is 10.7. The molecular formula is C12H16O4. The smallest absolute Gasteiger partial charge is 0.153 e. The summed E-state index contributed by atoms with van der Waals surface area (Å²) in [5, 5.41) is 9.47. The minimum absolute atomic E-state index is 0.116. The zero-order valence-corrected chi connectivity index (χ0v) is 9.26. The fourth-order valence-electron chi connectivity index (χ4n) is 1.20. The van der Waals surface area contributed by atoms with Crippen LogP contribution in [0.2, 0.25) is 0 Å². The second-order valence-electron chi connectivity index (χ2n) is 3.28. The molecule has 0 radical (unpaired) electrons. The molecule has 0 saturated carbocycles. The summed E-state index contributed by atoms with van der Waals surface area (Å²) in [7, 11) is 0. The highest BCUT2D eigenvalue weighted by molar-refractivity contribution is 5.79. The molecule has 0 aromatic heterocycles. The molecule has 0 heterocycles. The van der Waals surface area contributed by atoms with Crippen LogP contribution in [0.3, 0.4) is 0 Å². The molecule has 0 spiro atoms. The number of aldehydes is 1. The molecule has 16 heavy (non-hydrogen) atoms. The third-order valence-corrected chi connectivity index (χ3v) is 1.99. The molecule has 0 saturated heterocycles. The van der Waals surface area contributed by atoms with E-state index in [1.165, 1.54) is 0 Å². The van der Waals surface area contributed by atoms with E-state index in [9.17, 15) is 9.90 Å². The number of carbonyl (C=O) groups excluding carboxylic acids is 1. The largest absolute Gasteiger partial charge is 0.490 e. The Morgan fingerprint density at radius 2 is 2.12 bits per heavy atom. The van der Waals surface area contributed by atoms with Crippen molar-refractivity contribution in [1.29, 1.82) is 0 Å². The second kappa shape index (κ2) is 6.98. The van der Waals surface area contributed by atoms with Crippen LogP contribution in [0.15, 0.2) is 24.3 Å². The van der Waals surface area contributed by atoms with Gasteiger partial charge in [-0.3, -0.25) is 4.79 Å². The zero-order valence-electron chi connectivity index (χ0n) is 9.26. The third-order valence-electron chi connectivity index (χ3n) is 1.99. The Hall–Kier alpha value is -1.39. The van der Waals surface area contributed by atoms with Gasteiger partial charge in [0.15, 0.2) is 6.29 Å².